The van der Waals surface area contributed by atoms with E-state index in [0.29, 0.717) is 11.3 Å². The van der Waals surface area contributed by atoms with Crippen LogP contribution in [0.15, 0.2) is 0 Å². The predicted octanol–water partition coefficient (Wildman–Crippen LogP) is 3.51. The number of piperidine rings is 2. The van der Waals surface area contributed by atoms with Crippen LogP contribution in [0.2, 0.25) is 0 Å². The maximum atomic E-state index is 12.8. The van der Waals surface area contributed by atoms with Gasteiger partial charge in [-0.25, -0.2) is 0 Å². The van der Waals surface area contributed by atoms with Crippen LogP contribution in [0.4, 0.5) is 0 Å². The highest BCUT2D eigenvalue weighted by atomic mass is 35.5. The minimum Gasteiger partial charge on any atom is -0.341 e. The lowest BCUT2D eigenvalue weighted by molar-refractivity contribution is -0.141. The number of carbonyl (C=O) groups excluding carboxylic acids is 1. The number of carbonyl (C=O) groups is 1. The standard InChI is InChI=1S/C17H30N2O.ClH/c1-16(7-5-6-12-18-16)15(20)19-13-10-17(11-14-19)8-3-2-4-9-17;/h18H,2-14H2,1H3;1H. The first-order valence-electron chi connectivity index (χ1n) is 8.68. The van der Waals surface area contributed by atoms with Gasteiger partial charge in [-0.3, -0.25) is 4.79 Å². The number of amides is 1. The summed E-state index contributed by atoms with van der Waals surface area (Å²) in [4.78, 5) is 15.0. The molecule has 1 N–H and O–H groups in total. The highest BCUT2D eigenvalue weighted by molar-refractivity contribution is 5.86. The molecule has 3 fully saturated rings. The second-order valence-corrected chi connectivity index (χ2v) is 7.57. The van der Waals surface area contributed by atoms with Gasteiger partial charge in [-0.05, 0) is 63.8 Å². The van der Waals surface area contributed by atoms with E-state index in [4.69, 9.17) is 0 Å². The van der Waals surface area contributed by atoms with Crippen LogP contribution < -0.4 is 5.32 Å². The smallest absolute Gasteiger partial charge is 0.242 e. The maximum Gasteiger partial charge on any atom is 0.242 e. The van der Waals surface area contributed by atoms with Gasteiger partial charge in [-0.1, -0.05) is 19.3 Å². The maximum absolute atomic E-state index is 12.8. The summed E-state index contributed by atoms with van der Waals surface area (Å²) in [5.74, 6) is 0.364. The second kappa shape index (κ2) is 6.87. The molecule has 1 unspecified atom stereocenters. The van der Waals surface area contributed by atoms with Gasteiger partial charge in [0.1, 0.15) is 0 Å². The SMILES string of the molecule is CC1(C(=O)N2CCC3(CCCCC3)CC2)CCCCN1.Cl. The molecule has 122 valence electrons. The van der Waals surface area contributed by atoms with E-state index >= 15 is 0 Å². The van der Waals surface area contributed by atoms with E-state index in [0.717, 1.165) is 26.1 Å². The van der Waals surface area contributed by atoms with Crippen LogP contribution in [-0.4, -0.2) is 36.0 Å². The van der Waals surface area contributed by atoms with Crippen LogP contribution in [-0.2, 0) is 4.79 Å². The minimum atomic E-state index is -0.282. The van der Waals surface area contributed by atoms with Crippen molar-refractivity contribution in [1.82, 2.24) is 10.2 Å². The van der Waals surface area contributed by atoms with Gasteiger partial charge in [0.05, 0.1) is 5.54 Å². The normalized spacial score (nSPS) is 32.5. The summed E-state index contributed by atoms with van der Waals surface area (Å²) in [6.07, 6.45) is 13.0. The van der Waals surface area contributed by atoms with Crippen molar-refractivity contribution in [2.45, 2.75) is 76.7 Å². The average molecular weight is 315 g/mol. The molecule has 0 aromatic carbocycles. The molecule has 1 saturated carbocycles. The summed E-state index contributed by atoms with van der Waals surface area (Å²) in [6.45, 7) is 5.10. The van der Waals surface area contributed by atoms with Gasteiger partial charge >= 0.3 is 0 Å². The Balaban J connectivity index is 0.00000161. The third-order valence-corrected chi connectivity index (χ3v) is 6.12. The van der Waals surface area contributed by atoms with Crippen molar-refractivity contribution >= 4 is 18.3 Å². The molecule has 1 atom stereocenters. The molecule has 0 aromatic heterocycles. The molecule has 2 aliphatic heterocycles. The van der Waals surface area contributed by atoms with Crippen molar-refractivity contribution in [3.8, 4) is 0 Å². The Morgan fingerprint density at radius 3 is 2.10 bits per heavy atom. The van der Waals surface area contributed by atoms with E-state index in [1.807, 2.05) is 0 Å². The molecule has 2 heterocycles. The highest BCUT2D eigenvalue weighted by Crippen LogP contribution is 2.44. The summed E-state index contributed by atoms with van der Waals surface area (Å²) in [7, 11) is 0. The summed E-state index contributed by atoms with van der Waals surface area (Å²) < 4.78 is 0. The highest BCUT2D eigenvalue weighted by Gasteiger charge is 2.42. The van der Waals surface area contributed by atoms with Gasteiger partial charge in [0.25, 0.3) is 0 Å². The van der Waals surface area contributed by atoms with E-state index in [1.165, 1.54) is 57.8 Å². The van der Waals surface area contributed by atoms with Crippen LogP contribution in [0.3, 0.4) is 0 Å². The van der Waals surface area contributed by atoms with Crippen LogP contribution in [0, 0.1) is 5.41 Å². The molecule has 3 rings (SSSR count). The Morgan fingerprint density at radius 2 is 1.52 bits per heavy atom. The van der Waals surface area contributed by atoms with Gasteiger partial charge in [-0.2, -0.15) is 0 Å². The molecule has 3 nitrogen and oxygen atoms in total. The van der Waals surface area contributed by atoms with Crippen molar-refractivity contribution in [2.24, 2.45) is 5.41 Å². The molecule has 21 heavy (non-hydrogen) atoms. The van der Waals surface area contributed by atoms with Crippen molar-refractivity contribution in [3.05, 3.63) is 0 Å². The number of nitrogens with zero attached hydrogens (tertiary/aromatic N) is 1. The lowest BCUT2D eigenvalue weighted by atomic mass is 9.68. The van der Waals surface area contributed by atoms with E-state index in [9.17, 15) is 4.79 Å². The first kappa shape index (κ1) is 17.1. The zero-order valence-electron chi connectivity index (χ0n) is 13.5. The zero-order valence-corrected chi connectivity index (χ0v) is 14.3. The van der Waals surface area contributed by atoms with E-state index in [1.54, 1.807) is 0 Å². The Bertz CT molecular complexity index is 350. The molecule has 0 aromatic rings. The monoisotopic (exact) mass is 314 g/mol. The largest absolute Gasteiger partial charge is 0.341 e. The lowest BCUT2D eigenvalue weighted by Gasteiger charge is -2.46. The minimum absolute atomic E-state index is 0. The number of halogens is 1. The summed E-state index contributed by atoms with van der Waals surface area (Å²) in [5.41, 5.74) is 0.311. The van der Waals surface area contributed by atoms with Gasteiger partial charge < -0.3 is 10.2 Å². The Morgan fingerprint density at radius 1 is 0.905 bits per heavy atom. The molecule has 3 aliphatic rings. The summed E-state index contributed by atoms with van der Waals surface area (Å²) in [6, 6.07) is 0. The van der Waals surface area contributed by atoms with Crippen molar-refractivity contribution in [3.63, 3.8) is 0 Å². The van der Waals surface area contributed by atoms with E-state index < -0.39 is 0 Å². The fourth-order valence-electron chi connectivity index (χ4n) is 4.57. The molecule has 1 spiro atoms. The van der Waals surface area contributed by atoms with Crippen molar-refractivity contribution < 1.29 is 4.79 Å². The number of hydrogen-bond acceptors (Lipinski definition) is 2. The van der Waals surface area contributed by atoms with Gasteiger partial charge in [0, 0.05) is 13.1 Å². The molecule has 4 heteroatoms. The van der Waals surface area contributed by atoms with E-state index in [-0.39, 0.29) is 17.9 Å². The van der Waals surface area contributed by atoms with Gasteiger partial charge in [0.15, 0.2) is 0 Å². The number of hydrogen-bond donors (Lipinski definition) is 1. The fraction of sp³-hybridized carbons (Fsp3) is 0.941. The summed E-state index contributed by atoms with van der Waals surface area (Å²) >= 11 is 0. The van der Waals surface area contributed by atoms with Crippen LogP contribution in [0.1, 0.15) is 71.1 Å². The fourth-order valence-corrected chi connectivity index (χ4v) is 4.57. The number of likely N-dealkylation sites (tertiary alicyclic amines) is 1. The Hall–Kier alpha value is -0.280. The van der Waals surface area contributed by atoms with Gasteiger partial charge in [-0.15, -0.1) is 12.4 Å². The third kappa shape index (κ3) is 3.56. The number of nitrogens with one attached hydrogen (secondary N) is 1. The molecular formula is C17H31ClN2O. The van der Waals surface area contributed by atoms with Crippen molar-refractivity contribution in [2.75, 3.05) is 19.6 Å². The third-order valence-electron chi connectivity index (χ3n) is 6.12. The second-order valence-electron chi connectivity index (χ2n) is 7.57. The first-order chi connectivity index (χ1) is 9.64. The zero-order chi connectivity index (χ0) is 14.1. The lowest BCUT2D eigenvalue weighted by Crippen LogP contribution is -2.59. The Kier molecular flexibility index (Phi) is 5.59. The van der Waals surface area contributed by atoms with Crippen LogP contribution in [0.25, 0.3) is 0 Å². The average Bonchev–Trinajstić information content (AvgIpc) is 2.49. The topological polar surface area (TPSA) is 32.3 Å². The number of rotatable bonds is 1. The van der Waals surface area contributed by atoms with Crippen LogP contribution >= 0.6 is 12.4 Å². The Labute approximate surface area is 135 Å². The molecule has 0 bridgehead atoms. The molecule has 2 saturated heterocycles. The summed E-state index contributed by atoms with van der Waals surface area (Å²) in [5, 5.41) is 3.47. The van der Waals surface area contributed by atoms with E-state index in [2.05, 4.69) is 17.1 Å². The quantitative estimate of drug-likeness (QED) is 0.803. The molecule has 1 amide bonds. The molecule has 0 radical (unpaired) electrons. The molecule has 1 aliphatic carbocycles. The first-order valence-corrected chi connectivity index (χ1v) is 8.68. The van der Waals surface area contributed by atoms with Gasteiger partial charge in [0.2, 0.25) is 5.91 Å². The van der Waals surface area contributed by atoms with Crippen LogP contribution in [0.5, 0.6) is 0 Å². The predicted molar refractivity (Wildman–Crippen MR) is 88.8 cm³/mol. The molecular weight excluding hydrogens is 284 g/mol. The van der Waals surface area contributed by atoms with Crippen molar-refractivity contribution in [1.29, 1.82) is 0 Å².